The zero-order valence-corrected chi connectivity index (χ0v) is 4.68. The fraction of sp³-hybridized carbons (Fsp3) is 0.600. The summed E-state index contributed by atoms with van der Waals surface area (Å²) < 4.78 is 0. The van der Waals surface area contributed by atoms with Gasteiger partial charge in [0.15, 0.2) is 0 Å². The average molecular weight is 100 g/mol. The Morgan fingerprint density at radius 3 is 2.57 bits per heavy atom. The van der Waals surface area contributed by atoms with E-state index in [0.29, 0.717) is 5.71 Å². The molecular weight excluding hydrogens is 90.1 g/mol. The molecule has 0 bridgehead atoms. The molecule has 0 rings (SSSR count). The van der Waals surface area contributed by atoms with Crippen molar-refractivity contribution in [1.29, 1.82) is 0 Å². The van der Waals surface area contributed by atoms with Crippen molar-refractivity contribution < 1.29 is 5.21 Å². The van der Waals surface area contributed by atoms with Gasteiger partial charge in [-0.1, -0.05) is 12.1 Å². The molecule has 0 unspecified atom stereocenters. The van der Waals surface area contributed by atoms with Crippen molar-refractivity contribution >= 4 is 5.71 Å². The van der Waals surface area contributed by atoms with E-state index in [9.17, 15) is 0 Å². The highest BCUT2D eigenvalue weighted by atomic mass is 16.4. The van der Waals surface area contributed by atoms with Crippen molar-refractivity contribution in [2.45, 2.75) is 20.3 Å². The molecular formula is C5H10NO. The van der Waals surface area contributed by atoms with E-state index in [2.05, 4.69) is 5.16 Å². The van der Waals surface area contributed by atoms with E-state index in [4.69, 9.17) is 5.21 Å². The van der Waals surface area contributed by atoms with Crippen LogP contribution in [0.4, 0.5) is 0 Å². The molecule has 0 atom stereocenters. The predicted molar refractivity (Wildman–Crippen MR) is 29.5 cm³/mol. The van der Waals surface area contributed by atoms with E-state index in [-0.39, 0.29) is 0 Å². The van der Waals surface area contributed by atoms with Crippen LogP contribution in [0, 0.1) is 6.42 Å². The zero-order chi connectivity index (χ0) is 5.70. The van der Waals surface area contributed by atoms with E-state index in [1.54, 1.807) is 6.92 Å². The van der Waals surface area contributed by atoms with E-state index in [1.165, 1.54) is 0 Å². The Morgan fingerprint density at radius 1 is 1.86 bits per heavy atom. The van der Waals surface area contributed by atoms with Crippen LogP contribution in [-0.4, -0.2) is 10.9 Å². The van der Waals surface area contributed by atoms with Gasteiger partial charge in [-0.25, -0.2) is 0 Å². The Bertz CT molecular complexity index is 68.5. The lowest BCUT2D eigenvalue weighted by molar-refractivity contribution is 0.318. The lowest BCUT2D eigenvalue weighted by atomic mass is 10.2. The van der Waals surface area contributed by atoms with Crippen LogP contribution in [0.25, 0.3) is 0 Å². The van der Waals surface area contributed by atoms with Gasteiger partial charge in [0.2, 0.25) is 0 Å². The molecule has 0 saturated carbocycles. The van der Waals surface area contributed by atoms with Gasteiger partial charge in [-0.05, 0) is 13.3 Å². The highest BCUT2D eigenvalue weighted by molar-refractivity contribution is 5.89. The summed E-state index contributed by atoms with van der Waals surface area (Å²) in [6.07, 6.45) is 2.77. The maximum absolute atomic E-state index is 8.02. The van der Waals surface area contributed by atoms with Gasteiger partial charge in [0.25, 0.3) is 0 Å². The van der Waals surface area contributed by atoms with Gasteiger partial charge < -0.3 is 5.21 Å². The number of rotatable bonds is 2. The normalized spacial score (nSPS) is 12.0. The molecule has 2 nitrogen and oxygen atoms in total. The highest BCUT2D eigenvalue weighted by Crippen LogP contribution is 1.86. The Balaban J connectivity index is 3.17. The standard InChI is InChI=1S/C5H10NO/c1-3-4-5(2)6-7/h4,7H,3H2,1-2H3. The van der Waals surface area contributed by atoms with Gasteiger partial charge >= 0.3 is 0 Å². The number of nitrogens with zero attached hydrogens (tertiary/aromatic N) is 1. The first-order chi connectivity index (χ1) is 3.31. The summed E-state index contributed by atoms with van der Waals surface area (Å²) in [6.45, 7) is 3.75. The monoisotopic (exact) mass is 100 g/mol. The minimum atomic E-state index is 0.683. The minimum absolute atomic E-state index is 0.683. The topological polar surface area (TPSA) is 32.6 Å². The molecule has 1 radical (unpaired) electrons. The van der Waals surface area contributed by atoms with Crippen LogP contribution < -0.4 is 0 Å². The molecule has 0 aliphatic carbocycles. The molecule has 2 heteroatoms. The molecule has 0 aliphatic rings. The zero-order valence-electron chi connectivity index (χ0n) is 4.68. The smallest absolute Gasteiger partial charge is 0.0577 e. The average Bonchev–Trinajstić information content (AvgIpc) is 1.68. The van der Waals surface area contributed by atoms with Crippen LogP contribution in [0.15, 0.2) is 5.16 Å². The fourth-order valence-corrected chi connectivity index (χ4v) is 0.336. The molecule has 0 fully saturated rings. The van der Waals surface area contributed by atoms with Crippen LogP contribution in [0.2, 0.25) is 0 Å². The van der Waals surface area contributed by atoms with E-state index in [0.717, 1.165) is 6.42 Å². The molecule has 1 N–H and O–H groups in total. The van der Waals surface area contributed by atoms with Crippen molar-refractivity contribution in [2.24, 2.45) is 5.16 Å². The van der Waals surface area contributed by atoms with Gasteiger partial charge in [0, 0.05) is 6.42 Å². The van der Waals surface area contributed by atoms with Crippen molar-refractivity contribution in [3.8, 4) is 0 Å². The first-order valence-electron chi connectivity index (χ1n) is 2.33. The van der Waals surface area contributed by atoms with Crippen LogP contribution >= 0.6 is 0 Å². The predicted octanol–water partition coefficient (Wildman–Crippen LogP) is 1.45. The molecule has 0 aromatic heterocycles. The van der Waals surface area contributed by atoms with E-state index >= 15 is 0 Å². The quantitative estimate of drug-likeness (QED) is 0.318. The summed E-state index contributed by atoms with van der Waals surface area (Å²) in [5, 5.41) is 11.0. The second-order valence-electron chi connectivity index (χ2n) is 1.35. The number of hydrogen-bond acceptors (Lipinski definition) is 2. The van der Waals surface area contributed by atoms with Gasteiger partial charge in [-0.15, -0.1) is 0 Å². The largest absolute Gasteiger partial charge is 0.411 e. The fourth-order valence-electron chi connectivity index (χ4n) is 0.336. The molecule has 0 aliphatic heterocycles. The van der Waals surface area contributed by atoms with Crippen molar-refractivity contribution in [1.82, 2.24) is 0 Å². The highest BCUT2D eigenvalue weighted by Gasteiger charge is 1.84. The van der Waals surface area contributed by atoms with Crippen LogP contribution in [0.1, 0.15) is 20.3 Å². The first kappa shape index (κ1) is 6.47. The third-order valence-electron chi connectivity index (χ3n) is 0.657. The van der Waals surface area contributed by atoms with Gasteiger partial charge in [0.1, 0.15) is 0 Å². The number of hydrogen-bond donors (Lipinski definition) is 1. The molecule has 0 aromatic rings. The van der Waals surface area contributed by atoms with E-state index in [1.807, 2.05) is 13.3 Å². The maximum Gasteiger partial charge on any atom is 0.0577 e. The summed E-state index contributed by atoms with van der Waals surface area (Å²) in [4.78, 5) is 0. The second kappa shape index (κ2) is 3.65. The molecule has 7 heavy (non-hydrogen) atoms. The van der Waals surface area contributed by atoms with Crippen LogP contribution in [-0.2, 0) is 0 Å². The Hall–Kier alpha value is -0.530. The third-order valence-corrected chi connectivity index (χ3v) is 0.657. The molecule has 0 spiro atoms. The molecule has 41 valence electrons. The first-order valence-corrected chi connectivity index (χ1v) is 2.33. The van der Waals surface area contributed by atoms with Gasteiger partial charge in [-0.3, -0.25) is 0 Å². The lowest BCUT2D eigenvalue weighted by Gasteiger charge is -1.87. The Labute approximate surface area is 43.8 Å². The van der Waals surface area contributed by atoms with Crippen LogP contribution in [0.3, 0.4) is 0 Å². The van der Waals surface area contributed by atoms with Gasteiger partial charge in [-0.2, -0.15) is 0 Å². The summed E-state index contributed by atoms with van der Waals surface area (Å²) in [6, 6.07) is 0. The second-order valence-corrected chi connectivity index (χ2v) is 1.35. The molecule has 0 aromatic carbocycles. The van der Waals surface area contributed by atoms with Crippen LogP contribution in [0.5, 0.6) is 0 Å². The van der Waals surface area contributed by atoms with Gasteiger partial charge in [0.05, 0.1) is 5.71 Å². The third kappa shape index (κ3) is 3.30. The molecule has 0 amide bonds. The molecule has 0 heterocycles. The Kier molecular flexibility index (Phi) is 3.38. The summed E-state index contributed by atoms with van der Waals surface area (Å²) in [5.41, 5.74) is 0.683. The number of oxime groups is 1. The minimum Gasteiger partial charge on any atom is -0.411 e. The molecule has 0 saturated heterocycles. The van der Waals surface area contributed by atoms with Crippen molar-refractivity contribution in [3.05, 3.63) is 6.42 Å². The lowest BCUT2D eigenvalue weighted by Crippen LogP contribution is -1.88. The van der Waals surface area contributed by atoms with E-state index < -0.39 is 0 Å². The Morgan fingerprint density at radius 2 is 2.43 bits per heavy atom. The summed E-state index contributed by atoms with van der Waals surface area (Å²) >= 11 is 0. The summed E-state index contributed by atoms with van der Waals surface area (Å²) in [7, 11) is 0. The van der Waals surface area contributed by atoms with Crippen molar-refractivity contribution in [3.63, 3.8) is 0 Å². The van der Waals surface area contributed by atoms with Crippen molar-refractivity contribution in [2.75, 3.05) is 0 Å². The SMILES string of the molecule is CC[CH]C(C)=NO. The summed E-state index contributed by atoms with van der Waals surface area (Å²) in [5.74, 6) is 0. The maximum atomic E-state index is 8.02.